The molecule has 8 heteroatoms. The van der Waals surface area contributed by atoms with E-state index >= 15 is 0 Å². The van der Waals surface area contributed by atoms with Gasteiger partial charge in [-0.1, -0.05) is 0 Å². The Morgan fingerprint density at radius 1 is 1.07 bits per heavy atom. The Morgan fingerprint density at radius 2 is 1.90 bits per heavy atom. The first-order chi connectivity index (χ1) is 14.7. The normalized spacial score (nSPS) is 13.1. The van der Waals surface area contributed by atoms with E-state index in [0.29, 0.717) is 17.2 Å². The molecule has 0 atom stereocenters. The molecule has 0 radical (unpaired) electrons. The molecule has 1 aliphatic carbocycles. The number of anilines is 1. The van der Waals surface area contributed by atoms with Crippen molar-refractivity contribution in [3.05, 3.63) is 84.1 Å². The zero-order valence-electron chi connectivity index (χ0n) is 16.1. The van der Waals surface area contributed by atoms with Gasteiger partial charge in [0.15, 0.2) is 5.69 Å². The van der Waals surface area contributed by atoms with Gasteiger partial charge in [-0.15, -0.1) is 0 Å². The fraction of sp³-hybridized carbons (Fsp3) is 0.182. The maximum Gasteiger partial charge on any atom is 0.276 e. The second-order valence-electron chi connectivity index (χ2n) is 7.20. The number of fused-ring (bicyclic) bond motifs is 1. The van der Waals surface area contributed by atoms with Gasteiger partial charge in [0, 0.05) is 23.7 Å². The minimum Gasteiger partial charge on any atom is -0.319 e. The third kappa shape index (κ3) is 3.36. The van der Waals surface area contributed by atoms with Crippen LogP contribution in [0.4, 0.5) is 10.1 Å². The zero-order valence-corrected chi connectivity index (χ0v) is 16.1. The largest absolute Gasteiger partial charge is 0.319 e. The smallest absolute Gasteiger partial charge is 0.276 e. The third-order valence-corrected chi connectivity index (χ3v) is 5.24. The first-order valence-corrected chi connectivity index (χ1v) is 9.81. The molecule has 1 amide bonds. The number of benzene rings is 1. The highest BCUT2D eigenvalue weighted by Crippen LogP contribution is 2.27. The SMILES string of the molecule is O=C(Nc1ccc(-n2ccnc2)nc1)c1nn(-c2ccc(F)cc2)c2c1CCCC2. The second kappa shape index (κ2) is 7.55. The van der Waals surface area contributed by atoms with E-state index in [1.807, 2.05) is 6.07 Å². The van der Waals surface area contributed by atoms with Gasteiger partial charge in [-0.05, 0) is 62.1 Å². The molecule has 7 nitrogen and oxygen atoms in total. The number of nitrogens with zero attached hydrogens (tertiary/aromatic N) is 5. The highest BCUT2D eigenvalue weighted by Gasteiger charge is 2.25. The number of pyridine rings is 1. The lowest BCUT2D eigenvalue weighted by molar-refractivity contribution is 0.102. The summed E-state index contributed by atoms with van der Waals surface area (Å²) in [6.45, 7) is 0. The summed E-state index contributed by atoms with van der Waals surface area (Å²) in [5, 5.41) is 7.49. The van der Waals surface area contributed by atoms with Gasteiger partial charge < -0.3 is 5.32 Å². The van der Waals surface area contributed by atoms with Crippen LogP contribution in [0.1, 0.15) is 34.6 Å². The summed E-state index contributed by atoms with van der Waals surface area (Å²) < 4.78 is 16.9. The number of hydrogen-bond acceptors (Lipinski definition) is 4. The molecule has 0 spiro atoms. The highest BCUT2D eigenvalue weighted by atomic mass is 19.1. The zero-order chi connectivity index (χ0) is 20.5. The number of nitrogens with one attached hydrogen (secondary N) is 1. The van der Waals surface area contributed by atoms with Crippen LogP contribution in [0.3, 0.4) is 0 Å². The number of hydrogen-bond donors (Lipinski definition) is 1. The maximum atomic E-state index is 13.3. The third-order valence-electron chi connectivity index (χ3n) is 5.24. The number of imidazole rings is 1. The van der Waals surface area contributed by atoms with Gasteiger partial charge in [0.05, 0.1) is 17.6 Å². The van der Waals surface area contributed by atoms with E-state index in [2.05, 4.69) is 20.4 Å². The van der Waals surface area contributed by atoms with E-state index in [-0.39, 0.29) is 11.7 Å². The minimum atomic E-state index is -0.301. The Morgan fingerprint density at radius 3 is 2.63 bits per heavy atom. The molecule has 0 bridgehead atoms. The van der Waals surface area contributed by atoms with Crippen LogP contribution in [0, 0.1) is 5.82 Å². The molecule has 1 aliphatic rings. The Kier molecular flexibility index (Phi) is 4.59. The van der Waals surface area contributed by atoms with Crippen LogP contribution >= 0.6 is 0 Å². The van der Waals surface area contributed by atoms with Crippen molar-refractivity contribution in [2.45, 2.75) is 25.7 Å². The second-order valence-corrected chi connectivity index (χ2v) is 7.20. The van der Waals surface area contributed by atoms with Crippen LogP contribution in [0.5, 0.6) is 0 Å². The Hall–Kier alpha value is -3.81. The Labute approximate surface area is 172 Å². The average Bonchev–Trinajstić information content (AvgIpc) is 3.43. The molecule has 0 aliphatic heterocycles. The van der Waals surface area contributed by atoms with E-state index in [1.165, 1.54) is 12.1 Å². The van der Waals surface area contributed by atoms with E-state index in [4.69, 9.17) is 0 Å². The summed E-state index contributed by atoms with van der Waals surface area (Å²) >= 11 is 0. The molecule has 4 aromatic rings. The van der Waals surface area contributed by atoms with Crippen molar-refractivity contribution in [3.8, 4) is 11.5 Å². The minimum absolute atomic E-state index is 0.272. The lowest BCUT2D eigenvalue weighted by atomic mass is 9.95. The average molecular weight is 402 g/mol. The molecular weight excluding hydrogens is 383 g/mol. The number of rotatable bonds is 4. The van der Waals surface area contributed by atoms with Gasteiger partial charge in [-0.3, -0.25) is 9.36 Å². The standard InChI is InChI=1S/C22H19FN6O/c23-15-5-8-17(9-6-15)29-19-4-2-1-3-18(19)21(27-29)22(30)26-16-7-10-20(25-13-16)28-12-11-24-14-28/h5-14H,1-4H2,(H,26,30). The molecule has 5 rings (SSSR count). The van der Waals surface area contributed by atoms with Gasteiger partial charge in [0.2, 0.25) is 0 Å². The van der Waals surface area contributed by atoms with Crippen molar-refractivity contribution < 1.29 is 9.18 Å². The van der Waals surface area contributed by atoms with Crippen molar-refractivity contribution in [2.75, 3.05) is 5.32 Å². The number of carbonyl (C=O) groups excluding carboxylic acids is 1. The summed E-state index contributed by atoms with van der Waals surface area (Å²) in [4.78, 5) is 21.4. The first-order valence-electron chi connectivity index (χ1n) is 9.81. The first kappa shape index (κ1) is 18.2. The van der Waals surface area contributed by atoms with Gasteiger partial charge in [0.1, 0.15) is 18.0 Å². The van der Waals surface area contributed by atoms with Crippen molar-refractivity contribution >= 4 is 11.6 Å². The molecule has 1 N–H and O–H groups in total. The molecule has 1 aromatic carbocycles. The molecule has 30 heavy (non-hydrogen) atoms. The molecule has 3 aromatic heterocycles. The maximum absolute atomic E-state index is 13.3. The summed E-state index contributed by atoms with van der Waals surface area (Å²) in [7, 11) is 0. The van der Waals surface area contributed by atoms with Crippen LogP contribution in [-0.2, 0) is 12.8 Å². The fourth-order valence-corrected chi connectivity index (χ4v) is 3.77. The highest BCUT2D eigenvalue weighted by molar-refractivity contribution is 6.04. The molecule has 0 unspecified atom stereocenters. The van der Waals surface area contributed by atoms with Crippen LogP contribution in [0.2, 0.25) is 0 Å². The monoisotopic (exact) mass is 402 g/mol. The van der Waals surface area contributed by atoms with Crippen molar-refractivity contribution in [3.63, 3.8) is 0 Å². The number of halogens is 1. The van der Waals surface area contributed by atoms with Crippen LogP contribution in [-0.4, -0.2) is 30.2 Å². The quantitative estimate of drug-likeness (QED) is 0.564. The molecule has 0 saturated heterocycles. The molecule has 3 heterocycles. The van der Waals surface area contributed by atoms with Crippen LogP contribution in [0.25, 0.3) is 11.5 Å². The van der Waals surface area contributed by atoms with E-state index in [9.17, 15) is 9.18 Å². The van der Waals surface area contributed by atoms with E-state index < -0.39 is 0 Å². The van der Waals surface area contributed by atoms with Gasteiger partial charge in [-0.25, -0.2) is 19.0 Å². The molecular formula is C22H19FN6O. The van der Waals surface area contributed by atoms with Crippen molar-refractivity contribution in [1.82, 2.24) is 24.3 Å². The lowest BCUT2D eigenvalue weighted by Crippen LogP contribution is -2.16. The van der Waals surface area contributed by atoms with E-state index in [1.54, 1.807) is 52.4 Å². The molecule has 0 fully saturated rings. The predicted molar refractivity (Wildman–Crippen MR) is 109 cm³/mol. The number of carbonyl (C=O) groups is 1. The predicted octanol–water partition coefficient (Wildman–Crippen LogP) is 3.72. The van der Waals surface area contributed by atoms with Crippen molar-refractivity contribution in [2.24, 2.45) is 0 Å². The van der Waals surface area contributed by atoms with Crippen LogP contribution < -0.4 is 5.32 Å². The lowest BCUT2D eigenvalue weighted by Gasteiger charge is -2.14. The van der Waals surface area contributed by atoms with Gasteiger partial charge >= 0.3 is 0 Å². The topological polar surface area (TPSA) is 77.6 Å². The molecule has 150 valence electrons. The Bertz CT molecular complexity index is 1180. The van der Waals surface area contributed by atoms with Crippen LogP contribution in [0.15, 0.2) is 61.3 Å². The molecule has 0 saturated carbocycles. The number of aromatic nitrogens is 5. The van der Waals surface area contributed by atoms with Gasteiger partial charge in [0.25, 0.3) is 5.91 Å². The summed E-state index contributed by atoms with van der Waals surface area (Å²) in [5.74, 6) is 0.138. The van der Waals surface area contributed by atoms with Crippen molar-refractivity contribution in [1.29, 1.82) is 0 Å². The Balaban J connectivity index is 1.43. The number of amides is 1. The summed E-state index contributed by atoms with van der Waals surface area (Å²) in [5.41, 5.74) is 3.73. The fourth-order valence-electron chi connectivity index (χ4n) is 3.77. The summed E-state index contributed by atoms with van der Waals surface area (Å²) in [6, 6.07) is 9.77. The summed E-state index contributed by atoms with van der Waals surface area (Å²) in [6.07, 6.45) is 10.5. The van der Waals surface area contributed by atoms with Gasteiger partial charge in [-0.2, -0.15) is 5.10 Å². The van der Waals surface area contributed by atoms with E-state index in [0.717, 1.165) is 42.6 Å².